The van der Waals surface area contributed by atoms with Crippen molar-refractivity contribution >= 4 is 5.65 Å². The molecule has 0 aliphatic carbocycles. The second-order valence-electron chi connectivity index (χ2n) is 8.38. The molecule has 0 atom stereocenters. The fourth-order valence-electron chi connectivity index (χ4n) is 3.59. The van der Waals surface area contributed by atoms with Gasteiger partial charge < -0.3 is 4.57 Å². The number of piperidine rings is 1. The number of aromatic nitrogens is 6. The molecule has 4 rings (SSSR count). The third-order valence-corrected chi connectivity index (χ3v) is 5.15. The molecule has 0 spiro atoms. The summed E-state index contributed by atoms with van der Waals surface area (Å²) in [6.45, 7) is 9.56. The summed E-state index contributed by atoms with van der Waals surface area (Å²) < 4.78 is 3.96. The van der Waals surface area contributed by atoms with Gasteiger partial charge in [0.15, 0.2) is 11.5 Å². The van der Waals surface area contributed by atoms with Crippen molar-refractivity contribution < 1.29 is 0 Å². The van der Waals surface area contributed by atoms with Crippen LogP contribution >= 0.6 is 0 Å². The quantitative estimate of drug-likeness (QED) is 0.724. The molecule has 7 nitrogen and oxygen atoms in total. The van der Waals surface area contributed by atoms with Crippen molar-refractivity contribution in [1.82, 2.24) is 34.3 Å². The number of nitrogens with zero attached hydrogens (tertiary/aromatic N) is 7. The molecule has 0 radical (unpaired) electrons. The molecule has 0 N–H and O–H groups in total. The zero-order valence-corrected chi connectivity index (χ0v) is 16.1. The van der Waals surface area contributed by atoms with Gasteiger partial charge in [-0.3, -0.25) is 4.90 Å². The van der Waals surface area contributed by atoms with E-state index in [1.54, 1.807) is 0 Å². The highest BCUT2D eigenvalue weighted by atomic mass is 15.4. The van der Waals surface area contributed by atoms with E-state index in [4.69, 9.17) is 5.10 Å². The molecule has 0 aromatic carbocycles. The molecule has 7 heteroatoms. The van der Waals surface area contributed by atoms with Crippen molar-refractivity contribution in [2.75, 3.05) is 13.1 Å². The highest BCUT2D eigenvalue weighted by molar-refractivity contribution is 5.37. The summed E-state index contributed by atoms with van der Waals surface area (Å²) in [5, 5.41) is 13.6. The third-order valence-electron chi connectivity index (χ3n) is 5.15. The van der Waals surface area contributed by atoms with Crippen LogP contribution < -0.4 is 0 Å². The largest absolute Gasteiger partial charge is 0.340 e. The maximum atomic E-state index is 4.84. The van der Waals surface area contributed by atoms with Crippen LogP contribution in [0.25, 0.3) is 5.65 Å². The molecule has 3 aromatic heterocycles. The zero-order chi connectivity index (χ0) is 18.3. The number of hydrogen-bond acceptors (Lipinski definition) is 5. The zero-order valence-electron chi connectivity index (χ0n) is 16.1. The first-order chi connectivity index (χ1) is 12.4. The molecule has 1 fully saturated rings. The van der Waals surface area contributed by atoms with Crippen LogP contribution in [0.4, 0.5) is 0 Å². The van der Waals surface area contributed by atoms with Crippen LogP contribution in [0.3, 0.4) is 0 Å². The van der Waals surface area contributed by atoms with E-state index in [1.807, 2.05) is 28.5 Å². The maximum Gasteiger partial charge on any atom is 0.177 e. The molecule has 3 aromatic rings. The predicted molar refractivity (Wildman–Crippen MR) is 99.9 cm³/mol. The fraction of sp³-hybridized carbons (Fsp3) is 0.579. The maximum absolute atomic E-state index is 4.84. The summed E-state index contributed by atoms with van der Waals surface area (Å²) >= 11 is 0. The summed E-state index contributed by atoms with van der Waals surface area (Å²) in [4.78, 5) is 6.91. The second-order valence-corrected chi connectivity index (χ2v) is 8.38. The van der Waals surface area contributed by atoms with E-state index in [0.717, 1.165) is 55.3 Å². The topological polar surface area (TPSA) is 64.1 Å². The Hall–Kier alpha value is -2.28. The van der Waals surface area contributed by atoms with Crippen LogP contribution in [0, 0.1) is 0 Å². The molecule has 1 saturated heterocycles. The van der Waals surface area contributed by atoms with Gasteiger partial charge >= 0.3 is 0 Å². The molecule has 0 saturated carbocycles. The Kier molecular flexibility index (Phi) is 4.26. The standard InChI is InChI=1S/C19H27N7/c1-19(2,3)16-5-6-17-21-22-18(26(17)23-16)14-7-9-25(10-8-14)12-15-11-24(4)13-20-15/h5-6,11,13-14H,7-10,12H2,1-4H3. The van der Waals surface area contributed by atoms with Gasteiger partial charge in [0.2, 0.25) is 0 Å². The van der Waals surface area contributed by atoms with Crippen molar-refractivity contribution in [2.24, 2.45) is 7.05 Å². The number of rotatable bonds is 3. The minimum Gasteiger partial charge on any atom is -0.340 e. The summed E-state index contributed by atoms with van der Waals surface area (Å²) in [7, 11) is 2.01. The number of hydrogen-bond donors (Lipinski definition) is 0. The Morgan fingerprint density at radius 3 is 2.54 bits per heavy atom. The number of fused-ring (bicyclic) bond motifs is 1. The van der Waals surface area contributed by atoms with Crippen molar-refractivity contribution in [3.8, 4) is 0 Å². The van der Waals surface area contributed by atoms with E-state index in [1.165, 1.54) is 0 Å². The van der Waals surface area contributed by atoms with Crippen LogP contribution in [0.15, 0.2) is 24.7 Å². The third kappa shape index (κ3) is 3.35. The van der Waals surface area contributed by atoms with E-state index in [2.05, 4.69) is 53.1 Å². The van der Waals surface area contributed by atoms with Crippen LogP contribution in [-0.4, -0.2) is 47.4 Å². The van der Waals surface area contributed by atoms with Crippen molar-refractivity contribution in [1.29, 1.82) is 0 Å². The van der Waals surface area contributed by atoms with Crippen LogP contribution in [0.2, 0.25) is 0 Å². The lowest BCUT2D eigenvalue weighted by Gasteiger charge is -2.30. The lowest BCUT2D eigenvalue weighted by atomic mass is 9.92. The van der Waals surface area contributed by atoms with Gasteiger partial charge in [-0.25, -0.2) is 4.98 Å². The Labute approximate surface area is 154 Å². The summed E-state index contributed by atoms with van der Waals surface area (Å²) in [6.07, 6.45) is 6.11. The van der Waals surface area contributed by atoms with E-state index in [-0.39, 0.29) is 5.41 Å². The van der Waals surface area contributed by atoms with Crippen LogP contribution in [0.5, 0.6) is 0 Å². The van der Waals surface area contributed by atoms with Gasteiger partial charge in [0.25, 0.3) is 0 Å². The van der Waals surface area contributed by atoms with Gasteiger partial charge in [-0.15, -0.1) is 10.2 Å². The van der Waals surface area contributed by atoms with Gasteiger partial charge in [-0.05, 0) is 38.1 Å². The van der Waals surface area contributed by atoms with E-state index >= 15 is 0 Å². The number of likely N-dealkylation sites (tertiary alicyclic amines) is 1. The lowest BCUT2D eigenvalue weighted by Crippen LogP contribution is -2.33. The molecular formula is C19H27N7. The van der Waals surface area contributed by atoms with E-state index in [0.29, 0.717) is 5.92 Å². The Morgan fingerprint density at radius 1 is 1.12 bits per heavy atom. The fourth-order valence-corrected chi connectivity index (χ4v) is 3.59. The Balaban J connectivity index is 1.49. The minimum atomic E-state index is 0.0157. The van der Waals surface area contributed by atoms with Crippen molar-refractivity contribution in [3.63, 3.8) is 0 Å². The van der Waals surface area contributed by atoms with Gasteiger partial charge in [0.05, 0.1) is 17.7 Å². The highest BCUT2D eigenvalue weighted by Gasteiger charge is 2.26. The molecule has 1 aliphatic heterocycles. The SMILES string of the molecule is Cn1cnc(CN2CCC(c3nnc4ccc(C(C)(C)C)nn34)CC2)c1. The first kappa shape index (κ1) is 17.1. The number of imidazole rings is 1. The first-order valence-electron chi connectivity index (χ1n) is 9.32. The Bertz CT molecular complexity index is 894. The summed E-state index contributed by atoms with van der Waals surface area (Å²) in [5.74, 6) is 1.41. The van der Waals surface area contributed by atoms with Crippen LogP contribution in [0.1, 0.15) is 56.7 Å². The first-order valence-corrected chi connectivity index (χ1v) is 9.32. The van der Waals surface area contributed by atoms with Gasteiger partial charge in [0, 0.05) is 31.1 Å². The predicted octanol–water partition coefficient (Wildman–Crippen LogP) is 2.53. The lowest BCUT2D eigenvalue weighted by molar-refractivity contribution is 0.199. The highest BCUT2D eigenvalue weighted by Crippen LogP contribution is 2.28. The molecule has 1 aliphatic rings. The summed E-state index contributed by atoms with van der Waals surface area (Å²) in [6, 6.07) is 4.09. The van der Waals surface area contributed by atoms with E-state index in [9.17, 15) is 0 Å². The smallest absolute Gasteiger partial charge is 0.177 e. The second kappa shape index (κ2) is 6.46. The van der Waals surface area contributed by atoms with Gasteiger partial charge in [-0.2, -0.15) is 9.61 Å². The molecule has 4 heterocycles. The monoisotopic (exact) mass is 353 g/mol. The normalized spacial score (nSPS) is 17.2. The van der Waals surface area contributed by atoms with E-state index < -0.39 is 0 Å². The molecule has 26 heavy (non-hydrogen) atoms. The average Bonchev–Trinajstić information content (AvgIpc) is 3.20. The molecule has 0 bridgehead atoms. The van der Waals surface area contributed by atoms with Crippen molar-refractivity contribution in [3.05, 3.63) is 41.9 Å². The Morgan fingerprint density at radius 2 is 1.88 bits per heavy atom. The molecule has 0 amide bonds. The average molecular weight is 353 g/mol. The number of aryl methyl sites for hydroxylation is 1. The minimum absolute atomic E-state index is 0.0157. The van der Waals surface area contributed by atoms with Crippen molar-refractivity contribution in [2.45, 2.75) is 51.5 Å². The van der Waals surface area contributed by atoms with Crippen LogP contribution in [-0.2, 0) is 19.0 Å². The molecule has 0 unspecified atom stereocenters. The van der Waals surface area contributed by atoms with Gasteiger partial charge in [-0.1, -0.05) is 20.8 Å². The molecular weight excluding hydrogens is 326 g/mol. The molecule has 138 valence electrons. The van der Waals surface area contributed by atoms with Gasteiger partial charge in [0.1, 0.15) is 0 Å². The summed E-state index contributed by atoms with van der Waals surface area (Å²) in [5.41, 5.74) is 3.06.